The van der Waals surface area contributed by atoms with E-state index in [1.807, 2.05) is 12.1 Å². The molecule has 0 saturated carbocycles. The fourth-order valence-corrected chi connectivity index (χ4v) is 2.88. The monoisotopic (exact) mass is 326 g/mol. The van der Waals surface area contributed by atoms with Crippen LogP contribution in [0.3, 0.4) is 0 Å². The fraction of sp³-hybridized carbons (Fsp3) is 0.389. The maximum Gasteiger partial charge on any atom is 0.271 e. The number of rotatable bonds is 5. The summed E-state index contributed by atoms with van der Waals surface area (Å²) in [6.07, 6.45) is 3.94. The molecule has 1 fully saturated rings. The summed E-state index contributed by atoms with van der Waals surface area (Å²) in [5.41, 5.74) is 2.22. The molecule has 0 aliphatic carbocycles. The molecule has 1 saturated heterocycles. The molecule has 1 aromatic carbocycles. The molecule has 24 heavy (non-hydrogen) atoms. The number of carbonyl (C=O) groups is 1. The predicted molar refractivity (Wildman–Crippen MR) is 91.6 cm³/mol. The van der Waals surface area contributed by atoms with Crippen molar-refractivity contribution >= 4 is 5.91 Å². The highest BCUT2D eigenvalue weighted by Gasteiger charge is 2.10. The zero-order valence-corrected chi connectivity index (χ0v) is 13.6. The Labute approximate surface area is 140 Å². The predicted octanol–water partition coefficient (Wildman–Crippen LogP) is 1.69. The lowest BCUT2D eigenvalue weighted by atomic mass is 10.1. The van der Waals surface area contributed by atoms with Crippen molar-refractivity contribution in [2.75, 3.05) is 13.1 Å². The molecule has 6 nitrogen and oxygen atoms in total. The molecule has 1 aliphatic rings. The van der Waals surface area contributed by atoms with Gasteiger partial charge in [0.2, 0.25) is 0 Å². The van der Waals surface area contributed by atoms with E-state index in [9.17, 15) is 9.59 Å². The summed E-state index contributed by atoms with van der Waals surface area (Å²) in [5, 5.41) is 8.77. The van der Waals surface area contributed by atoms with Gasteiger partial charge in [0.05, 0.1) is 0 Å². The van der Waals surface area contributed by atoms with Crippen LogP contribution in [-0.4, -0.2) is 34.1 Å². The van der Waals surface area contributed by atoms with E-state index in [1.54, 1.807) is 0 Å². The SMILES string of the molecule is O=C(NCc1ccc(CN2CCCCC2)cc1)c1ccc(=O)[nH]n1. The second-order valence-electron chi connectivity index (χ2n) is 6.14. The maximum atomic E-state index is 12.0. The highest BCUT2D eigenvalue weighted by atomic mass is 16.2. The Balaban J connectivity index is 1.51. The van der Waals surface area contributed by atoms with Crippen LogP contribution in [0.5, 0.6) is 0 Å². The van der Waals surface area contributed by atoms with Crippen molar-refractivity contribution in [1.82, 2.24) is 20.4 Å². The molecule has 1 aromatic heterocycles. The van der Waals surface area contributed by atoms with Crippen LogP contribution in [0.25, 0.3) is 0 Å². The van der Waals surface area contributed by atoms with E-state index < -0.39 is 0 Å². The zero-order valence-electron chi connectivity index (χ0n) is 13.6. The number of nitrogens with zero attached hydrogens (tertiary/aromatic N) is 2. The van der Waals surface area contributed by atoms with Crippen molar-refractivity contribution in [1.29, 1.82) is 0 Å². The third-order valence-corrected chi connectivity index (χ3v) is 4.24. The molecule has 0 atom stereocenters. The summed E-state index contributed by atoms with van der Waals surface area (Å²) in [5.74, 6) is -0.302. The van der Waals surface area contributed by atoms with Gasteiger partial charge in [0.1, 0.15) is 5.69 Å². The Morgan fingerprint density at radius 1 is 1.04 bits per heavy atom. The minimum absolute atomic E-state index is 0.205. The van der Waals surface area contributed by atoms with E-state index in [0.29, 0.717) is 6.54 Å². The van der Waals surface area contributed by atoms with Gasteiger partial charge in [0.25, 0.3) is 11.5 Å². The number of hydrogen-bond donors (Lipinski definition) is 2. The number of hydrogen-bond acceptors (Lipinski definition) is 4. The molecule has 6 heteroatoms. The van der Waals surface area contributed by atoms with Crippen molar-refractivity contribution in [2.45, 2.75) is 32.4 Å². The van der Waals surface area contributed by atoms with Crippen molar-refractivity contribution in [3.63, 3.8) is 0 Å². The van der Waals surface area contributed by atoms with Gasteiger partial charge in [-0.05, 0) is 43.1 Å². The van der Waals surface area contributed by atoms with Crippen LogP contribution in [0.1, 0.15) is 40.9 Å². The van der Waals surface area contributed by atoms with Gasteiger partial charge in [-0.3, -0.25) is 14.5 Å². The highest BCUT2D eigenvalue weighted by molar-refractivity contribution is 5.91. The van der Waals surface area contributed by atoms with Gasteiger partial charge in [-0.15, -0.1) is 0 Å². The van der Waals surface area contributed by atoms with Gasteiger partial charge in [-0.1, -0.05) is 30.7 Å². The normalized spacial score (nSPS) is 15.2. The number of amides is 1. The first-order valence-electron chi connectivity index (χ1n) is 8.35. The van der Waals surface area contributed by atoms with Crippen molar-refractivity contribution in [2.24, 2.45) is 0 Å². The molecule has 0 bridgehead atoms. The van der Waals surface area contributed by atoms with Gasteiger partial charge >= 0.3 is 0 Å². The van der Waals surface area contributed by atoms with Crippen molar-refractivity contribution < 1.29 is 4.79 Å². The third-order valence-electron chi connectivity index (χ3n) is 4.24. The summed E-state index contributed by atoms with van der Waals surface area (Å²) in [7, 11) is 0. The summed E-state index contributed by atoms with van der Waals surface area (Å²) < 4.78 is 0. The van der Waals surface area contributed by atoms with E-state index in [0.717, 1.165) is 12.1 Å². The topological polar surface area (TPSA) is 78.1 Å². The quantitative estimate of drug-likeness (QED) is 0.876. The first kappa shape index (κ1) is 16.4. The number of aromatic nitrogens is 2. The first-order chi connectivity index (χ1) is 11.7. The molecule has 1 aliphatic heterocycles. The average Bonchev–Trinajstić information content (AvgIpc) is 2.62. The molecule has 0 unspecified atom stereocenters. The van der Waals surface area contributed by atoms with Crippen LogP contribution in [0.4, 0.5) is 0 Å². The summed E-state index contributed by atoms with van der Waals surface area (Å²) >= 11 is 0. The number of aromatic amines is 1. The zero-order chi connectivity index (χ0) is 16.8. The summed E-state index contributed by atoms with van der Waals surface area (Å²) in [6, 6.07) is 11.0. The Morgan fingerprint density at radius 3 is 2.42 bits per heavy atom. The fourth-order valence-electron chi connectivity index (χ4n) is 2.88. The van der Waals surface area contributed by atoms with Gasteiger partial charge < -0.3 is 5.32 Å². The number of benzene rings is 1. The minimum atomic E-state index is -0.323. The lowest BCUT2D eigenvalue weighted by Crippen LogP contribution is -2.29. The second kappa shape index (κ2) is 7.88. The van der Waals surface area contributed by atoms with Crippen LogP contribution in [0, 0.1) is 0 Å². The largest absolute Gasteiger partial charge is 0.347 e. The van der Waals surface area contributed by atoms with E-state index >= 15 is 0 Å². The number of H-pyrrole nitrogens is 1. The third kappa shape index (κ3) is 4.52. The van der Waals surface area contributed by atoms with Crippen LogP contribution in [0.15, 0.2) is 41.2 Å². The molecule has 1 amide bonds. The first-order valence-corrected chi connectivity index (χ1v) is 8.35. The van der Waals surface area contributed by atoms with E-state index in [2.05, 4.69) is 32.5 Å². The van der Waals surface area contributed by atoms with Crippen LogP contribution >= 0.6 is 0 Å². The van der Waals surface area contributed by atoms with Crippen LogP contribution in [-0.2, 0) is 13.1 Å². The van der Waals surface area contributed by atoms with E-state index in [4.69, 9.17) is 0 Å². The lowest BCUT2D eigenvalue weighted by molar-refractivity contribution is 0.0945. The van der Waals surface area contributed by atoms with Crippen molar-refractivity contribution in [3.8, 4) is 0 Å². The molecular formula is C18H22N4O2. The number of piperidine rings is 1. The summed E-state index contributed by atoms with van der Waals surface area (Å²) in [4.78, 5) is 25.4. The standard InChI is InChI=1S/C18H22N4O2/c23-17-9-8-16(20-21-17)18(24)19-12-14-4-6-15(7-5-14)13-22-10-2-1-3-11-22/h4-9H,1-3,10-13H2,(H,19,24)(H,21,23). The second-order valence-corrected chi connectivity index (χ2v) is 6.14. The molecular weight excluding hydrogens is 304 g/mol. The number of carbonyl (C=O) groups excluding carboxylic acids is 1. The van der Waals surface area contributed by atoms with Crippen LogP contribution in [0.2, 0.25) is 0 Å². The highest BCUT2D eigenvalue weighted by Crippen LogP contribution is 2.13. The average molecular weight is 326 g/mol. The molecule has 3 rings (SSSR count). The number of nitrogens with one attached hydrogen (secondary N) is 2. The van der Waals surface area contributed by atoms with Gasteiger partial charge in [0.15, 0.2) is 0 Å². The molecule has 2 heterocycles. The smallest absolute Gasteiger partial charge is 0.271 e. The van der Waals surface area contributed by atoms with Gasteiger partial charge in [0, 0.05) is 19.2 Å². The Kier molecular flexibility index (Phi) is 5.38. The molecule has 2 aromatic rings. The van der Waals surface area contributed by atoms with E-state index in [-0.39, 0.29) is 17.2 Å². The van der Waals surface area contributed by atoms with Gasteiger partial charge in [-0.25, -0.2) is 5.10 Å². The molecule has 126 valence electrons. The number of likely N-dealkylation sites (tertiary alicyclic amines) is 1. The minimum Gasteiger partial charge on any atom is -0.347 e. The maximum absolute atomic E-state index is 12.0. The molecule has 0 radical (unpaired) electrons. The van der Waals surface area contributed by atoms with Crippen molar-refractivity contribution in [3.05, 3.63) is 63.6 Å². The van der Waals surface area contributed by atoms with E-state index in [1.165, 1.54) is 50.0 Å². The van der Waals surface area contributed by atoms with Crippen LogP contribution < -0.4 is 10.9 Å². The lowest BCUT2D eigenvalue weighted by Gasteiger charge is -2.26. The summed E-state index contributed by atoms with van der Waals surface area (Å²) in [6.45, 7) is 3.80. The Bertz CT molecular complexity index is 713. The molecule has 0 spiro atoms. The Morgan fingerprint density at radius 2 is 1.75 bits per heavy atom. The van der Waals surface area contributed by atoms with Gasteiger partial charge in [-0.2, -0.15) is 5.10 Å². The Hall–Kier alpha value is -2.47. The molecule has 2 N–H and O–H groups in total.